The summed E-state index contributed by atoms with van der Waals surface area (Å²) < 4.78 is 13.6. The van der Waals surface area contributed by atoms with E-state index in [-0.39, 0.29) is 11.5 Å². The number of aromatic nitrogens is 1. The molecule has 3 aromatic rings. The lowest BCUT2D eigenvalue weighted by Crippen LogP contribution is -2.28. The molecule has 2 aliphatic rings. The van der Waals surface area contributed by atoms with E-state index in [0.29, 0.717) is 17.1 Å². The highest BCUT2D eigenvalue weighted by Gasteiger charge is 2.34. The molecule has 0 saturated heterocycles. The number of hydrogen-bond donors (Lipinski definition) is 1. The summed E-state index contributed by atoms with van der Waals surface area (Å²) >= 11 is 0. The Labute approximate surface area is 150 Å². The van der Waals surface area contributed by atoms with Crippen LogP contribution in [0.2, 0.25) is 0 Å². The Kier molecular flexibility index (Phi) is 3.21. The first-order valence-corrected chi connectivity index (χ1v) is 8.64. The molecule has 5 heteroatoms. The quantitative estimate of drug-likeness (QED) is 0.722. The van der Waals surface area contributed by atoms with Crippen LogP contribution in [0.4, 0.5) is 0 Å². The molecule has 2 aliphatic heterocycles. The molecule has 0 fully saturated rings. The Hall–Kier alpha value is -3.05. The van der Waals surface area contributed by atoms with Crippen LogP contribution in [-0.2, 0) is 13.1 Å². The number of para-hydroxylation sites is 1. The van der Waals surface area contributed by atoms with Gasteiger partial charge >= 0.3 is 0 Å². The number of methoxy groups -OCH3 is 1. The average Bonchev–Trinajstić information content (AvgIpc) is 3.16. The van der Waals surface area contributed by atoms with E-state index < -0.39 is 0 Å². The molecular formula is C21H18N2O3. The fourth-order valence-corrected chi connectivity index (χ4v) is 4.08. The first-order chi connectivity index (χ1) is 12.7. The smallest absolute Gasteiger partial charge is 0.232 e. The summed E-state index contributed by atoms with van der Waals surface area (Å²) in [5, 5.41) is 4.56. The molecule has 0 saturated carbocycles. The van der Waals surface area contributed by atoms with E-state index >= 15 is 0 Å². The zero-order chi connectivity index (χ0) is 17.8. The maximum absolute atomic E-state index is 12.8. The van der Waals surface area contributed by atoms with Crippen molar-refractivity contribution in [2.75, 3.05) is 13.7 Å². The molecule has 0 amide bonds. The number of ether oxygens (including phenoxy) is 2. The Morgan fingerprint density at radius 1 is 1.15 bits per heavy atom. The van der Waals surface area contributed by atoms with Crippen molar-refractivity contribution >= 4 is 16.7 Å². The fourth-order valence-electron chi connectivity index (χ4n) is 4.08. The van der Waals surface area contributed by atoms with Gasteiger partial charge in [-0.25, -0.2) is 0 Å². The van der Waals surface area contributed by atoms with Crippen LogP contribution in [0.15, 0.2) is 48.7 Å². The number of fused-ring (bicyclic) bond motifs is 4. The van der Waals surface area contributed by atoms with Gasteiger partial charge in [-0.05, 0) is 18.2 Å². The number of Topliss-reactive ketones (excluding diaryl/α,β-unsaturated/α-hetero) is 1. The molecule has 26 heavy (non-hydrogen) atoms. The second kappa shape index (κ2) is 5.47. The third-order valence-electron chi connectivity index (χ3n) is 5.20. The third-order valence-corrected chi connectivity index (χ3v) is 5.20. The van der Waals surface area contributed by atoms with Crippen molar-refractivity contribution in [1.82, 2.24) is 9.88 Å². The van der Waals surface area contributed by atoms with Crippen molar-refractivity contribution < 1.29 is 14.3 Å². The molecule has 1 N–H and O–H groups in total. The molecule has 5 nitrogen and oxygen atoms in total. The summed E-state index contributed by atoms with van der Waals surface area (Å²) in [6, 6.07) is 11.9. The first kappa shape index (κ1) is 15.2. The van der Waals surface area contributed by atoms with Crippen LogP contribution in [0.5, 0.6) is 11.5 Å². The second-order valence-corrected chi connectivity index (χ2v) is 6.54. The Morgan fingerprint density at radius 3 is 2.85 bits per heavy atom. The largest absolute Gasteiger partial charge is 0.496 e. The van der Waals surface area contributed by atoms with Gasteiger partial charge in [0, 0.05) is 47.4 Å². The van der Waals surface area contributed by atoms with Crippen LogP contribution in [0.1, 0.15) is 16.1 Å². The van der Waals surface area contributed by atoms with Crippen LogP contribution in [0.25, 0.3) is 22.0 Å². The number of carbonyl (C=O) groups excluding carboxylic acids is 1. The molecule has 1 aromatic heterocycles. The summed E-state index contributed by atoms with van der Waals surface area (Å²) in [5.41, 5.74) is 4.70. The number of hydrogen-bond acceptors (Lipinski definition) is 4. The summed E-state index contributed by atoms with van der Waals surface area (Å²) in [6.07, 6.45) is 0. The lowest BCUT2D eigenvalue weighted by molar-refractivity contribution is 0.101. The molecular weight excluding hydrogens is 328 g/mol. The standard InChI is InChI=1S/C21H18N2O3/c1-12-21(24)20-17(26-12)8-7-16(25-2)19(20)18-13-5-3-4-6-14(13)23-10-9-22-11-15(18)23/h3-8,22H,1,9-11H2,2H3. The van der Waals surface area contributed by atoms with Gasteiger partial charge in [0.05, 0.1) is 12.7 Å². The van der Waals surface area contributed by atoms with Crippen LogP contribution in [-0.4, -0.2) is 24.0 Å². The third kappa shape index (κ3) is 1.92. The van der Waals surface area contributed by atoms with Gasteiger partial charge in [0.1, 0.15) is 11.5 Å². The lowest BCUT2D eigenvalue weighted by Gasteiger charge is -2.20. The summed E-state index contributed by atoms with van der Waals surface area (Å²) in [7, 11) is 1.63. The normalized spacial score (nSPS) is 15.7. The zero-order valence-corrected chi connectivity index (χ0v) is 14.5. The van der Waals surface area contributed by atoms with Crippen molar-refractivity contribution in [3.05, 3.63) is 60.0 Å². The van der Waals surface area contributed by atoms with E-state index in [1.54, 1.807) is 13.2 Å². The van der Waals surface area contributed by atoms with Crippen LogP contribution in [0, 0.1) is 0 Å². The van der Waals surface area contributed by atoms with Gasteiger partial charge in [0.15, 0.2) is 5.76 Å². The molecule has 130 valence electrons. The molecule has 0 unspecified atom stereocenters. The van der Waals surface area contributed by atoms with Crippen molar-refractivity contribution in [2.45, 2.75) is 13.1 Å². The lowest BCUT2D eigenvalue weighted by atomic mass is 9.93. The van der Waals surface area contributed by atoms with Crippen LogP contribution in [0.3, 0.4) is 0 Å². The Morgan fingerprint density at radius 2 is 2.00 bits per heavy atom. The highest BCUT2D eigenvalue weighted by atomic mass is 16.5. The fraction of sp³-hybridized carbons (Fsp3) is 0.190. The molecule has 5 rings (SSSR count). The maximum atomic E-state index is 12.8. The van der Waals surface area contributed by atoms with Gasteiger partial charge in [0.2, 0.25) is 5.78 Å². The van der Waals surface area contributed by atoms with Crippen molar-refractivity contribution in [2.24, 2.45) is 0 Å². The highest BCUT2D eigenvalue weighted by Crippen LogP contribution is 2.47. The monoisotopic (exact) mass is 346 g/mol. The van der Waals surface area contributed by atoms with Gasteiger partial charge in [-0.15, -0.1) is 0 Å². The van der Waals surface area contributed by atoms with Gasteiger partial charge in [0.25, 0.3) is 0 Å². The van der Waals surface area contributed by atoms with Crippen molar-refractivity contribution in [1.29, 1.82) is 0 Å². The van der Waals surface area contributed by atoms with E-state index in [4.69, 9.17) is 9.47 Å². The number of nitrogens with zero attached hydrogens (tertiary/aromatic N) is 1. The number of benzene rings is 2. The summed E-state index contributed by atoms with van der Waals surface area (Å²) in [6.45, 7) is 6.31. The molecule has 0 radical (unpaired) electrons. The number of nitrogens with one attached hydrogen (secondary N) is 1. The molecule has 3 heterocycles. The zero-order valence-electron chi connectivity index (χ0n) is 14.5. The average molecular weight is 346 g/mol. The van der Waals surface area contributed by atoms with Crippen LogP contribution >= 0.6 is 0 Å². The van der Waals surface area contributed by atoms with Crippen molar-refractivity contribution in [3.63, 3.8) is 0 Å². The predicted octanol–water partition coefficient (Wildman–Crippen LogP) is 3.51. The predicted molar refractivity (Wildman–Crippen MR) is 99.7 cm³/mol. The Bertz CT molecular complexity index is 1090. The number of ketones is 1. The number of rotatable bonds is 2. The van der Waals surface area contributed by atoms with Gasteiger partial charge in [-0.1, -0.05) is 24.8 Å². The molecule has 0 bridgehead atoms. The van der Waals surface area contributed by atoms with Crippen LogP contribution < -0.4 is 14.8 Å². The van der Waals surface area contributed by atoms with E-state index in [1.165, 1.54) is 5.52 Å². The number of carbonyl (C=O) groups is 1. The second-order valence-electron chi connectivity index (χ2n) is 6.54. The van der Waals surface area contributed by atoms with Gasteiger partial charge < -0.3 is 19.4 Å². The SMILES string of the molecule is C=C1Oc2ccc(OC)c(-c3c4n(c5ccccc35)CCNC4)c2C1=O. The van der Waals surface area contributed by atoms with Crippen molar-refractivity contribution in [3.8, 4) is 22.6 Å². The molecule has 0 spiro atoms. The van der Waals surface area contributed by atoms with Gasteiger partial charge in [-0.3, -0.25) is 4.79 Å². The minimum absolute atomic E-state index is 0.157. The Balaban J connectivity index is 1.93. The maximum Gasteiger partial charge on any atom is 0.232 e. The number of allylic oxidation sites excluding steroid dienone is 1. The van der Waals surface area contributed by atoms with E-state index in [0.717, 1.165) is 41.8 Å². The van der Waals surface area contributed by atoms with E-state index in [1.807, 2.05) is 18.2 Å². The van der Waals surface area contributed by atoms with E-state index in [9.17, 15) is 4.79 Å². The highest BCUT2D eigenvalue weighted by molar-refractivity contribution is 6.18. The minimum atomic E-state index is -0.179. The molecule has 0 aliphatic carbocycles. The topological polar surface area (TPSA) is 52.5 Å². The molecule has 2 aromatic carbocycles. The first-order valence-electron chi connectivity index (χ1n) is 8.64. The van der Waals surface area contributed by atoms with Gasteiger partial charge in [-0.2, -0.15) is 0 Å². The van der Waals surface area contributed by atoms with E-state index in [2.05, 4.69) is 28.6 Å². The summed E-state index contributed by atoms with van der Waals surface area (Å²) in [5.74, 6) is 1.19. The summed E-state index contributed by atoms with van der Waals surface area (Å²) in [4.78, 5) is 12.8. The minimum Gasteiger partial charge on any atom is -0.496 e. The molecule has 0 atom stereocenters.